The summed E-state index contributed by atoms with van der Waals surface area (Å²) in [6.45, 7) is 1.94. The van der Waals surface area contributed by atoms with E-state index >= 15 is 0 Å². The van der Waals surface area contributed by atoms with Crippen molar-refractivity contribution >= 4 is 23.4 Å². The van der Waals surface area contributed by atoms with Crippen molar-refractivity contribution in [1.82, 2.24) is 10.6 Å². The minimum atomic E-state index is -0.326. The predicted molar refractivity (Wildman–Crippen MR) is 108 cm³/mol. The molecule has 2 N–H and O–H groups in total. The van der Waals surface area contributed by atoms with Crippen LogP contribution >= 0.6 is 11.6 Å². The van der Waals surface area contributed by atoms with E-state index in [9.17, 15) is 9.59 Å². The Morgan fingerprint density at radius 3 is 2.54 bits per heavy atom. The third-order valence-corrected chi connectivity index (χ3v) is 4.61. The fourth-order valence-electron chi connectivity index (χ4n) is 2.86. The molecule has 0 spiro atoms. The molecule has 28 heavy (non-hydrogen) atoms. The lowest BCUT2D eigenvalue weighted by atomic mass is 9.86. The second-order valence-corrected chi connectivity index (χ2v) is 7.20. The molecule has 0 saturated heterocycles. The average molecular weight is 397 g/mol. The molecule has 0 atom stereocenters. The number of benzene rings is 2. The number of rotatable bonds is 5. The van der Waals surface area contributed by atoms with Crippen LogP contribution in [0.2, 0.25) is 5.02 Å². The van der Waals surface area contributed by atoms with Crippen LogP contribution in [0.1, 0.15) is 24.0 Å². The summed E-state index contributed by atoms with van der Waals surface area (Å²) in [5, 5.41) is 6.37. The van der Waals surface area contributed by atoms with E-state index in [1.54, 1.807) is 24.3 Å². The number of halogens is 1. The summed E-state index contributed by atoms with van der Waals surface area (Å²) in [5.74, 6) is 5.54. The molecule has 1 aliphatic rings. The van der Waals surface area contributed by atoms with E-state index in [-0.39, 0.29) is 30.5 Å². The van der Waals surface area contributed by atoms with Crippen molar-refractivity contribution in [2.45, 2.75) is 31.8 Å². The van der Waals surface area contributed by atoms with Gasteiger partial charge in [-0.05, 0) is 61.7 Å². The van der Waals surface area contributed by atoms with Crippen LogP contribution in [0.3, 0.4) is 0 Å². The first-order valence-electron chi connectivity index (χ1n) is 9.05. The van der Waals surface area contributed by atoms with Gasteiger partial charge >= 0.3 is 0 Å². The lowest BCUT2D eigenvalue weighted by molar-refractivity contribution is -0.124. The van der Waals surface area contributed by atoms with Crippen LogP contribution in [0.5, 0.6) is 5.75 Å². The highest BCUT2D eigenvalue weighted by Crippen LogP contribution is 2.20. The fourth-order valence-corrected chi connectivity index (χ4v) is 2.99. The molecule has 2 amide bonds. The van der Waals surface area contributed by atoms with Gasteiger partial charge in [-0.15, -0.1) is 0 Å². The first-order valence-corrected chi connectivity index (χ1v) is 9.42. The van der Waals surface area contributed by atoms with Crippen molar-refractivity contribution in [3.8, 4) is 17.6 Å². The molecule has 3 rings (SSSR count). The molecule has 0 bridgehead atoms. The molecule has 0 radical (unpaired) electrons. The molecule has 2 aromatic rings. The largest absolute Gasteiger partial charge is 0.484 e. The number of carbonyl (C=O) groups is 2. The molecule has 6 heteroatoms. The highest BCUT2D eigenvalue weighted by Gasteiger charge is 2.31. The summed E-state index contributed by atoms with van der Waals surface area (Å²) < 4.78 is 5.48. The second kappa shape index (κ2) is 9.29. The van der Waals surface area contributed by atoms with Crippen molar-refractivity contribution < 1.29 is 14.3 Å². The molecule has 1 aliphatic carbocycles. The monoisotopic (exact) mass is 396 g/mol. The van der Waals surface area contributed by atoms with Gasteiger partial charge in [-0.3, -0.25) is 9.59 Å². The van der Waals surface area contributed by atoms with Gasteiger partial charge in [-0.1, -0.05) is 29.7 Å². The second-order valence-electron chi connectivity index (χ2n) is 6.77. The van der Waals surface area contributed by atoms with Gasteiger partial charge in [0, 0.05) is 28.6 Å². The van der Waals surface area contributed by atoms with Crippen LogP contribution in [0.4, 0.5) is 0 Å². The van der Waals surface area contributed by atoms with Crippen LogP contribution in [0.25, 0.3) is 0 Å². The maximum Gasteiger partial charge on any atom is 0.296 e. The van der Waals surface area contributed by atoms with Gasteiger partial charge < -0.3 is 15.4 Å². The predicted octanol–water partition coefficient (Wildman–Crippen LogP) is 2.84. The van der Waals surface area contributed by atoms with E-state index in [2.05, 4.69) is 22.5 Å². The first kappa shape index (κ1) is 19.8. The Labute approximate surface area is 169 Å². The average Bonchev–Trinajstić information content (AvgIpc) is 2.64. The minimum Gasteiger partial charge on any atom is -0.484 e. The number of ether oxygens (including phenoxy) is 1. The highest BCUT2D eigenvalue weighted by atomic mass is 35.5. The van der Waals surface area contributed by atoms with Crippen molar-refractivity contribution in [3.63, 3.8) is 0 Å². The van der Waals surface area contributed by atoms with Crippen molar-refractivity contribution in [2.24, 2.45) is 0 Å². The first-order chi connectivity index (χ1) is 13.5. The van der Waals surface area contributed by atoms with E-state index in [1.807, 2.05) is 31.2 Å². The lowest BCUT2D eigenvalue weighted by Gasteiger charge is -2.35. The summed E-state index contributed by atoms with van der Waals surface area (Å²) in [4.78, 5) is 23.8. The third kappa shape index (κ3) is 6.04. The highest BCUT2D eigenvalue weighted by molar-refractivity contribution is 6.30. The Balaban J connectivity index is 1.34. The van der Waals surface area contributed by atoms with Gasteiger partial charge in [0.15, 0.2) is 6.61 Å². The fraction of sp³-hybridized carbons (Fsp3) is 0.273. The zero-order chi connectivity index (χ0) is 19.9. The van der Waals surface area contributed by atoms with Crippen molar-refractivity contribution in [2.75, 3.05) is 6.61 Å². The SMILES string of the molecule is Cc1cccc(OCC(=O)NC2CC(NC(=O)C#Cc3ccc(Cl)cc3)C2)c1. The van der Waals surface area contributed by atoms with Gasteiger partial charge in [0.05, 0.1) is 0 Å². The molecule has 1 fully saturated rings. The van der Waals surface area contributed by atoms with E-state index in [0.717, 1.165) is 11.1 Å². The van der Waals surface area contributed by atoms with Crippen LogP contribution in [0, 0.1) is 18.8 Å². The van der Waals surface area contributed by atoms with E-state index in [0.29, 0.717) is 23.6 Å². The van der Waals surface area contributed by atoms with Gasteiger partial charge in [0.2, 0.25) is 0 Å². The Morgan fingerprint density at radius 2 is 1.82 bits per heavy atom. The molecule has 144 valence electrons. The van der Waals surface area contributed by atoms with Crippen LogP contribution in [-0.2, 0) is 9.59 Å². The number of nitrogens with one attached hydrogen (secondary N) is 2. The third-order valence-electron chi connectivity index (χ3n) is 4.36. The maximum atomic E-state index is 12.0. The van der Waals surface area contributed by atoms with E-state index < -0.39 is 0 Å². The lowest BCUT2D eigenvalue weighted by Crippen LogP contribution is -2.54. The molecule has 0 aliphatic heterocycles. The maximum absolute atomic E-state index is 12.0. The zero-order valence-electron chi connectivity index (χ0n) is 15.5. The van der Waals surface area contributed by atoms with Gasteiger partial charge in [-0.25, -0.2) is 0 Å². The summed E-state index contributed by atoms with van der Waals surface area (Å²) in [7, 11) is 0. The van der Waals surface area contributed by atoms with Crippen LogP contribution in [-0.4, -0.2) is 30.5 Å². The molecule has 0 unspecified atom stereocenters. The minimum absolute atomic E-state index is 0.0232. The Kier molecular flexibility index (Phi) is 6.57. The summed E-state index contributed by atoms with van der Waals surface area (Å²) >= 11 is 5.81. The van der Waals surface area contributed by atoms with Crippen molar-refractivity contribution in [1.29, 1.82) is 0 Å². The van der Waals surface area contributed by atoms with Gasteiger partial charge in [-0.2, -0.15) is 0 Å². The van der Waals surface area contributed by atoms with Gasteiger partial charge in [0.25, 0.3) is 11.8 Å². The Morgan fingerprint density at radius 1 is 1.11 bits per heavy atom. The van der Waals surface area contributed by atoms with E-state index in [4.69, 9.17) is 16.3 Å². The number of aryl methyl sites for hydroxylation is 1. The molecular formula is C22H21ClN2O3. The molecule has 0 aromatic heterocycles. The number of amides is 2. The number of hydrogen-bond acceptors (Lipinski definition) is 3. The van der Waals surface area contributed by atoms with Crippen LogP contribution < -0.4 is 15.4 Å². The standard InChI is InChI=1S/C22H21ClN2O3/c1-15-3-2-4-20(11-15)28-14-22(27)25-19-12-18(13-19)24-21(26)10-7-16-5-8-17(23)9-6-16/h2-6,8-9,11,18-19H,12-14H2,1H3,(H,24,26)(H,25,27). The Bertz CT molecular complexity index is 909. The molecule has 0 heterocycles. The molecular weight excluding hydrogens is 376 g/mol. The summed E-state index contributed by atoms with van der Waals surface area (Å²) in [5.41, 5.74) is 1.81. The van der Waals surface area contributed by atoms with Gasteiger partial charge in [0.1, 0.15) is 5.75 Å². The molecule has 5 nitrogen and oxygen atoms in total. The normalized spacial score (nSPS) is 17.5. The smallest absolute Gasteiger partial charge is 0.296 e. The quantitative estimate of drug-likeness (QED) is 0.764. The zero-order valence-corrected chi connectivity index (χ0v) is 16.3. The summed E-state index contributed by atoms with van der Waals surface area (Å²) in [6.07, 6.45) is 1.37. The van der Waals surface area contributed by atoms with Crippen LogP contribution in [0.15, 0.2) is 48.5 Å². The topological polar surface area (TPSA) is 67.4 Å². The molecule has 2 aromatic carbocycles. The van der Waals surface area contributed by atoms with Crippen molar-refractivity contribution in [3.05, 3.63) is 64.7 Å². The molecule has 1 saturated carbocycles. The van der Waals surface area contributed by atoms with E-state index in [1.165, 1.54) is 0 Å². The number of hydrogen-bond donors (Lipinski definition) is 2. The number of carbonyl (C=O) groups excluding carboxylic acids is 2. The Hall–Kier alpha value is -2.97. The summed E-state index contributed by atoms with van der Waals surface area (Å²) in [6, 6.07) is 14.6.